The van der Waals surface area contributed by atoms with Gasteiger partial charge in [-0.3, -0.25) is 4.79 Å². The van der Waals surface area contributed by atoms with E-state index in [0.29, 0.717) is 42.6 Å². The summed E-state index contributed by atoms with van der Waals surface area (Å²) in [7, 11) is 0. The summed E-state index contributed by atoms with van der Waals surface area (Å²) in [5.41, 5.74) is 0.705. The largest absolute Gasteiger partial charge is 0.353 e. The molecule has 1 aliphatic heterocycles. The molecule has 0 spiro atoms. The molecule has 9 heteroatoms. The van der Waals surface area contributed by atoms with Crippen molar-refractivity contribution < 1.29 is 9.18 Å². The number of pyridine rings is 1. The molecule has 3 aromatic heterocycles. The maximum atomic E-state index is 14.5. The fourth-order valence-corrected chi connectivity index (χ4v) is 3.99. The lowest BCUT2D eigenvalue weighted by Crippen LogP contribution is -2.49. The van der Waals surface area contributed by atoms with Crippen molar-refractivity contribution in [1.82, 2.24) is 24.2 Å². The summed E-state index contributed by atoms with van der Waals surface area (Å²) >= 11 is 5.93. The molecule has 0 saturated carbocycles. The number of para-hydroxylation sites is 1. The average molecular weight is 451 g/mol. The minimum Gasteiger partial charge on any atom is -0.353 e. The molecule has 0 radical (unpaired) electrons. The van der Waals surface area contributed by atoms with Gasteiger partial charge in [-0.25, -0.2) is 14.1 Å². The second-order valence-corrected chi connectivity index (χ2v) is 7.89. The van der Waals surface area contributed by atoms with Crippen LogP contribution in [0.25, 0.3) is 11.5 Å². The summed E-state index contributed by atoms with van der Waals surface area (Å²) in [5.74, 6) is 0.792. The van der Waals surface area contributed by atoms with Crippen LogP contribution < -0.4 is 4.90 Å². The molecule has 0 bridgehead atoms. The molecule has 5 rings (SSSR count). The topological polar surface area (TPSA) is 59.2 Å². The highest BCUT2D eigenvalue weighted by Crippen LogP contribution is 2.24. The van der Waals surface area contributed by atoms with E-state index in [9.17, 15) is 9.18 Å². The zero-order valence-corrected chi connectivity index (χ0v) is 17.9. The van der Waals surface area contributed by atoms with E-state index in [2.05, 4.69) is 15.0 Å². The van der Waals surface area contributed by atoms with Gasteiger partial charge in [0.05, 0.1) is 11.2 Å². The Morgan fingerprint density at radius 3 is 2.38 bits per heavy atom. The number of piperazine rings is 1. The lowest BCUT2D eigenvalue weighted by Gasteiger charge is -2.35. The third-order valence-corrected chi connectivity index (χ3v) is 5.73. The van der Waals surface area contributed by atoms with Gasteiger partial charge in [0.1, 0.15) is 22.9 Å². The molecule has 1 aromatic carbocycles. The van der Waals surface area contributed by atoms with Gasteiger partial charge in [-0.2, -0.15) is 5.10 Å². The number of halogens is 2. The molecule has 0 atom stereocenters. The van der Waals surface area contributed by atoms with Crippen LogP contribution in [0, 0.1) is 5.82 Å². The van der Waals surface area contributed by atoms with Crippen LogP contribution in [-0.4, -0.2) is 56.3 Å². The third-order valence-electron chi connectivity index (χ3n) is 5.51. The first-order chi connectivity index (χ1) is 15.6. The molecule has 32 heavy (non-hydrogen) atoms. The van der Waals surface area contributed by atoms with E-state index in [-0.39, 0.29) is 11.6 Å². The first kappa shape index (κ1) is 20.3. The molecule has 4 aromatic rings. The Balaban J connectivity index is 1.42. The van der Waals surface area contributed by atoms with Gasteiger partial charge in [0.15, 0.2) is 5.82 Å². The van der Waals surface area contributed by atoms with Crippen molar-refractivity contribution in [3.63, 3.8) is 0 Å². The summed E-state index contributed by atoms with van der Waals surface area (Å²) in [5, 5.41) is 4.96. The molecular weight excluding hydrogens is 431 g/mol. The molecule has 1 amide bonds. The molecule has 4 heterocycles. The fourth-order valence-electron chi connectivity index (χ4n) is 3.88. The Labute approximate surface area is 189 Å². The second kappa shape index (κ2) is 8.47. The minimum absolute atomic E-state index is 0.139. The SMILES string of the molecule is O=C(c1cnn(-c2ccccc2F)c1-n1cccc1)N1CCN(c2ccc(Cl)cn2)CC1. The van der Waals surface area contributed by atoms with Crippen molar-refractivity contribution in [3.8, 4) is 11.5 Å². The van der Waals surface area contributed by atoms with Crippen molar-refractivity contribution in [1.29, 1.82) is 0 Å². The predicted molar refractivity (Wildman–Crippen MR) is 120 cm³/mol. The van der Waals surface area contributed by atoms with Crippen LogP contribution in [0.1, 0.15) is 10.4 Å². The van der Waals surface area contributed by atoms with E-state index in [0.717, 1.165) is 5.82 Å². The van der Waals surface area contributed by atoms with Crippen LogP contribution in [0.5, 0.6) is 0 Å². The predicted octanol–water partition coefficient (Wildman–Crippen LogP) is 3.81. The van der Waals surface area contributed by atoms with E-state index in [1.165, 1.54) is 16.9 Å². The Bertz CT molecular complexity index is 1230. The van der Waals surface area contributed by atoms with E-state index in [4.69, 9.17) is 11.6 Å². The van der Waals surface area contributed by atoms with E-state index >= 15 is 0 Å². The van der Waals surface area contributed by atoms with Gasteiger partial charge in [-0.05, 0) is 36.4 Å². The van der Waals surface area contributed by atoms with Gasteiger partial charge < -0.3 is 14.4 Å². The molecule has 1 fully saturated rings. The van der Waals surface area contributed by atoms with Gasteiger partial charge in [0.2, 0.25) is 0 Å². The molecular formula is C23H20ClFN6O. The molecule has 1 aliphatic rings. The lowest BCUT2D eigenvalue weighted by atomic mass is 10.2. The molecule has 0 aliphatic carbocycles. The molecule has 0 N–H and O–H groups in total. The molecule has 0 unspecified atom stereocenters. The van der Waals surface area contributed by atoms with Crippen LogP contribution >= 0.6 is 11.6 Å². The number of aromatic nitrogens is 4. The number of rotatable bonds is 4. The van der Waals surface area contributed by atoms with Crippen molar-refractivity contribution in [2.75, 3.05) is 31.1 Å². The highest BCUT2D eigenvalue weighted by atomic mass is 35.5. The monoisotopic (exact) mass is 450 g/mol. The van der Waals surface area contributed by atoms with Crippen LogP contribution in [0.2, 0.25) is 5.02 Å². The van der Waals surface area contributed by atoms with Gasteiger partial charge in [0.25, 0.3) is 5.91 Å². The van der Waals surface area contributed by atoms with E-state index < -0.39 is 5.82 Å². The highest BCUT2D eigenvalue weighted by molar-refractivity contribution is 6.30. The highest BCUT2D eigenvalue weighted by Gasteiger charge is 2.28. The summed E-state index contributed by atoms with van der Waals surface area (Å²) in [6, 6.07) is 13.8. The minimum atomic E-state index is -0.410. The zero-order valence-electron chi connectivity index (χ0n) is 17.1. The third kappa shape index (κ3) is 3.73. The van der Waals surface area contributed by atoms with Gasteiger partial charge in [-0.15, -0.1) is 0 Å². The molecule has 7 nitrogen and oxygen atoms in total. The van der Waals surface area contributed by atoms with Crippen LogP contribution in [0.3, 0.4) is 0 Å². The number of amides is 1. The lowest BCUT2D eigenvalue weighted by molar-refractivity contribution is 0.0746. The standard InChI is InChI=1S/C23H20ClFN6O/c24-17-7-8-21(26-15-17)28-11-13-30(14-12-28)23(32)18-16-27-31(20-6-2-1-5-19(20)25)22(18)29-9-3-4-10-29/h1-10,15-16H,11-14H2. The van der Waals surface area contributed by atoms with Crippen molar-refractivity contribution in [2.45, 2.75) is 0 Å². The summed E-state index contributed by atoms with van der Waals surface area (Å²) < 4.78 is 17.8. The van der Waals surface area contributed by atoms with Crippen molar-refractivity contribution in [2.24, 2.45) is 0 Å². The maximum absolute atomic E-state index is 14.5. The Kier molecular flexibility index (Phi) is 5.36. The summed E-state index contributed by atoms with van der Waals surface area (Å²) in [4.78, 5) is 21.7. The number of benzene rings is 1. The molecule has 1 saturated heterocycles. The first-order valence-corrected chi connectivity index (χ1v) is 10.6. The van der Waals surface area contributed by atoms with Crippen LogP contribution in [0.15, 0.2) is 73.3 Å². The van der Waals surface area contributed by atoms with Gasteiger partial charge in [0, 0.05) is 44.8 Å². The fraction of sp³-hybridized carbons (Fsp3) is 0.174. The van der Waals surface area contributed by atoms with E-state index in [1.807, 2.05) is 36.7 Å². The second-order valence-electron chi connectivity index (χ2n) is 7.45. The molecule has 162 valence electrons. The van der Waals surface area contributed by atoms with Crippen LogP contribution in [-0.2, 0) is 0 Å². The average Bonchev–Trinajstić information content (AvgIpc) is 3.49. The van der Waals surface area contributed by atoms with Crippen LogP contribution in [0.4, 0.5) is 10.2 Å². The summed E-state index contributed by atoms with van der Waals surface area (Å²) in [6.07, 6.45) is 6.76. The first-order valence-electron chi connectivity index (χ1n) is 10.2. The number of hydrogen-bond acceptors (Lipinski definition) is 4. The smallest absolute Gasteiger partial charge is 0.259 e. The quantitative estimate of drug-likeness (QED) is 0.474. The summed E-state index contributed by atoms with van der Waals surface area (Å²) in [6.45, 7) is 2.39. The Hall–Kier alpha value is -3.65. The van der Waals surface area contributed by atoms with Crippen molar-refractivity contribution in [3.05, 3.63) is 89.7 Å². The number of carbonyl (C=O) groups is 1. The normalized spacial score (nSPS) is 14.1. The number of nitrogens with zero attached hydrogens (tertiary/aromatic N) is 6. The maximum Gasteiger partial charge on any atom is 0.259 e. The number of carbonyl (C=O) groups excluding carboxylic acids is 1. The van der Waals surface area contributed by atoms with Gasteiger partial charge >= 0.3 is 0 Å². The van der Waals surface area contributed by atoms with Crippen molar-refractivity contribution >= 4 is 23.3 Å². The number of anilines is 1. The Morgan fingerprint density at radius 1 is 0.938 bits per heavy atom. The number of hydrogen-bond donors (Lipinski definition) is 0. The zero-order chi connectivity index (χ0) is 22.1. The van der Waals surface area contributed by atoms with E-state index in [1.54, 1.807) is 33.9 Å². The van der Waals surface area contributed by atoms with Gasteiger partial charge in [-0.1, -0.05) is 23.7 Å². The Morgan fingerprint density at radius 2 is 1.69 bits per heavy atom.